The topological polar surface area (TPSA) is 51.7 Å². The van der Waals surface area contributed by atoms with Crippen LogP contribution in [0.25, 0.3) is 10.8 Å². The molecule has 1 saturated heterocycles. The third-order valence-corrected chi connectivity index (χ3v) is 4.59. The number of pyridine rings is 1. The Hall–Kier alpha value is -3.29. The summed E-state index contributed by atoms with van der Waals surface area (Å²) in [5.74, 6) is 0.276. The molecule has 0 atom stereocenters. The number of likely N-dealkylation sites (tertiary alicyclic amines) is 1. The van der Waals surface area contributed by atoms with Crippen LogP contribution in [-0.2, 0) is 11.0 Å². The van der Waals surface area contributed by atoms with Gasteiger partial charge in [-0.15, -0.1) is 0 Å². The van der Waals surface area contributed by atoms with Crippen LogP contribution in [0, 0.1) is 0 Å². The Kier molecular flexibility index (Phi) is 5.00. The average Bonchev–Trinajstić information content (AvgIpc) is 2.68. The van der Waals surface area contributed by atoms with Crippen molar-refractivity contribution in [2.24, 2.45) is 0 Å². The van der Waals surface area contributed by atoms with Gasteiger partial charge in [-0.25, -0.2) is 4.98 Å². The smallest absolute Gasteiger partial charge is 0.433 e. The Morgan fingerprint density at radius 2 is 1.79 bits per heavy atom. The van der Waals surface area contributed by atoms with Gasteiger partial charge in [0.2, 0.25) is 5.88 Å². The number of alkyl halides is 3. The van der Waals surface area contributed by atoms with E-state index in [1.807, 2.05) is 36.4 Å². The van der Waals surface area contributed by atoms with Crippen molar-refractivity contribution in [1.29, 1.82) is 0 Å². The molecule has 1 fully saturated rings. The van der Waals surface area contributed by atoms with E-state index >= 15 is 0 Å². The van der Waals surface area contributed by atoms with Crippen molar-refractivity contribution >= 4 is 16.7 Å². The number of benzene rings is 2. The van der Waals surface area contributed by atoms with Gasteiger partial charge >= 0.3 is 6.18 Å². The van der Waals surface area contributed by atoms with Crippen LogP contribution in [0.3, 0.4) is 0 Å². The number of carbonyl (C=O) groups excluding carboxylic acids is 1. The van der Waals surface area contributed by atoms with Gasteiger partial charge in [0.15, 0.2) is 6.61 Å². The van der Waals surface area contributed by atoms with Gasteiger partial charge < -0.3 is 14.4 Å². The number of ether oxygens (including phenoxy) is 2. The highest BCUT2D eigenvalue weighted by atomic mass is 19.4. The number of halogens is 3. The van der Waals surface area contributed by atoms with E-state index in [4.69, 9.17) is 9.47 Å². The molecule has 8 heteroatoms. The summed E-state index contributed by atoms with van der Waals surface area (Å²) in [6.45, 7) is 0.433. The standard InChI is InChI=1S/C21H17F3N2O3/c22-21(23,24)18-6-3-7-19(25-18)29-17-11-26(12-17)20(27)13-28-16-9-8-14-4-1-2-5-15(14)10-16/h1-10,17H,11-13H2. The molecule has 1 amide bonds. The number of hydrogen-bond acceptors (Lipinski definition) is 4. The minimum atomic E-state index is -4.53. The zero-order valence-corrected chi connectivity index (χ0v) is 15.2. The fourth-order valence-corrected chi connectivity index (χ4v) is 3.02. The van der Waals surface area contributed by atoms with Crippen LogP contribution in [0.4, 0.5) is 13.2 Å². The summed E-state index contributed by atoms with van der Waals surface area (Å²) < 4.78 is 49.1. The lowest BCUT2D eigenvalue weighted by molar-refractivity contribution is -0.143. The van der Waals surface area contributed by atoms with Crippen molar-refractivity contribution in [1.82, 2.24) is 9.88 Å². The lowest BCUT2D eigenvalue weighted by Gasteiger charge is -2.38. The first-order valence-corrected chi connectivity index (χ1v) is 8.99. The number of rotatable bonds is 5. The van der Waals surface area contributed by atoms with Crippen molar-refractivity contribution in [3.05, 3.63) is 66.4 Å². The molecule has 4 rings (SSSR count). The van der Waals surface area contributed by atoms with E-state index in [2.05, 4.69) is 4.98 Å². The molecule has 0 unspecified atom stereocenters. The number of aromatic nitrogens is 1. The highest BCUT2D eigenvalue weighted by molar-refractivity contribution is 5.84. The second-order valence-electron chi connectivity index (χ2n) is 6.70. The third-order valence-electron chi connectivity index (χ3n) is 4.59. The van der Waals surface area contributed by atoms with Crippen LogP contribution in [0.5, 0.6) is 11.6 Å². The maximum Gasteiger partial charge on any atom is 0.433 e. The Morgan fingerprint density at radius 3 is 2.55 bits per heavy atom. The Morgan fingerprint density at radius 1 is 1.03 bits per heavy atom. The molecule has 2 heterocycles. The summed E-state index contributed by atoms with van der Waals surface area (Å²) in [6, 6.07) is 16.9. The predicted molar refractivity (Wildman–Crippen MR) is 99.7 cm³/mol. The van der Waals surface area contributed by atoms with Crippen molar-refractivity contribution < 1.29 is 27.4 Å². The second kappa shape index (κ2) is 7.62. The van der Waals surface area contributed by atoms with Gasteiger partial charge in [-0.2, -0.15) is 13.2 Å². The average molecular weight is 402 g/mol. The molecule has 150 valence electrons. The van der Waals surface area contributed by atoms with Crippen molar-refractivity contribution in [2.75, 3.05) is 19.7 Å². The quantitative estimate of drug-likeness (QED) is 0.649. The molecule has 0 aliphatic carbocycles. The van der Waals surface area contributed by atoms with Gasteiger partial charge in [0.1, 0.15) is 17.5 Å². The maximum absolute atomic E-state index is 12.7. The van der Waals surface area contributed by atoms with Crippen LogP contribution >= 0.6 is 0 Å². The number of hydrogen-bond donors (Lipinski definition) is 0. The van der Waals surface area contributed by atoms with Crippen LogP contribution in [0.2, 0.25) is 0 Å². The SMILES string of the molecule is O=C(COc1ccc2ccccc2c1)N1CC(Oc2cccc(C(F)(F)F)n2)C1. The monoisotopic (exact) mass is 402 g/mol. The van der Waals surface area contributed by atoms with Crippen LogP contribution in [0.15, 0.2) is 60.7 Å². The number of nitrogens with zero attached hydrogens (tertiary/aromatic N) is 2. The molecule has 1 aromatic heterocycles. The highest BCUT2D eigenvalue weighted by Crippen LogP contribution is 2.29. The van der Waals surface area contributed by atoms with Gasteiger partial charge in [-0.1, -0.05) is 36.4 Å². The van der Waals surface area contributed by atoms with E-state index in [0.717, 1.165) is 16.8 Å². The summed E-state index contributed by atoms with van der Waals surface area (Å²) in [5, 5.41) is 2.10. The van der Waals surface area contributed by atoms with E-state index < -0.39 is 18.0 Å². The van der Waals surface area contributed by atoms with Gasteiger partial charge in [-0.3, -0.25) is 4.79 Å². The number of fused-ring (bicyclic) bond motifs is 1. The number of carbonyl (C=O) groups is 1. The van der Waals surface area contributed by atoms with Crippen LogP contribution < -0.4 is 9.47 Å². The minimum absolute atomic E-state index is 0.107. The van der Waals surface area contributed by atoms with E-state index in [1.54, 1.807) is 6.07 Å². The van der Waals surface area contributed by atoms with E-state index in [-0.39, 0.29) is 31.5 Å². The zero-order chi connectivity index (χ0) is 20.4. The molecule has 1 aliphatic rings. The molecule has 0 bridgehead atoms. The minimum Gasteiger partial charge on any atom is -0.484 e. The van der Waals surface area contributed by atoms with Crippen molar-refractivity contribution in [3.63, 3.8) is 0 Å². The summed E-state index contributed by atoms with van der Waals surface area (Å²) >= 11 is 0. The van der Waals surface area contributed by atoms with Gasteiger partial charge in [0.25, 0.3) is 5.91 Å². The van der Waals surface area contributed by atoms with Gasteiger partial charge in [-0.05, 0) is 29.0 Å². The second-order valence-corrected chi connectivity index (χ2v) is 6.70. The molecular formula is C21H17F3N2O3. The van der Waals surface area contributed by atoms with E-state index in [1.165, 1.54) is 17.0 Å². The summed E-state index contributed by atoms with van der Waals surface area (Å²) in [6.07, 6.45) is -4.92. The first-order chi connectivity index (χ1) is 13.9. The molecule has 5 nitrogen and oxygen atoms in total. The molecule has 0 radical (unpaired) electrons. The Labute approximate surface area is 164 Å². The van der Waals surface area contributed by atoms with Crippen LogP contribution in [-0.4, -0.2) is 41.6 Å². The fraction of sp³-hybridized carbons (Fsp3) is 0.238. The van der Waals surface area contributed by atoms with Crippen LogP contribution in [0.1, 0.15) is 5.69 Å². The van der Waals surface area contributed by atoms with E-state index in [9.17, 15) is 18.0 Å². The normalized spacial score (nSPS) is 14.5. The van der Waals surface area contributed by atoms with Gasteiger partial charge in [0, 0.05) is 6.07 Å². The summed E-state index contributed by atoms with van der Waals surface area (Å²) in [4.78, 5) is 17.2. The first kappa shape index (κ1) is 19.0. The molecule has 2 aromatic carbocycles. The predicted octanol–water partition coefficient (Wildman–Crippen LogP) is 3.92. The molecule has 0 saturated carbocycles. The highest BCUT2D eigenvalue weighted by Gasteiger charge is 2.35. The molecule has 0 spiro atoms. The lowest BCUT2D eigenvalue weighted by Crippen LogP contribution is -2.57. The largest absolute Gasteiger partial charge is 0.484 e. The first-order valence-electron chi connectivity index (χ1n) is 8.99. The number of amides is 1. The molecule has 29 heavy (non-hydrogen) atoms. The zero-order valence-electron chi connectivity index (χ0n) is 15.2. The van der Waals surface area contributed by atoms with Crippen molar-refractivity contribution in [2.45, 2.75) is 12.3 Å². The Balaban J connectivity index is 1.27. The lowest BCUT2D eigenvalue weighted by atomic mass is 10.1. The molecule has 0 N–H and O–H groups in total. The summed E-state index contributed by atoms with van der Waals surface area (Å²) in [5.41, 5.74) is -1.01. The Bertz CT molecular complexity index is 1030. The fourth-order valence-electron chi connectivity index (χ4n) is 3.02. The molecule has 3 aromatic rings. The maximum atomic E-state index is 12.7. The third kappa shape index (κ3) is 4.42. The summed E-state index contributed by atoms with van der Waals surface area (Å²) in [7, 11) is 0. The molecule has 1 aliphatic heterocycles. The molecular weight excluding hydrogens is 385 g/mol. The van der Waals surface area contributed by atoms with E-state index in [0.29, 0.717) is 5.75 Å². The van der Waals surface area contributed by atoms with Crippen molar-refractivity contribution in [3.8, 4) is 11.6 Å². The van der Waals surface area contributed by atoms with Gasteiger partial charge in [0.05, 0.1) is 13.1 Å².